The monoisotopic (exact) mass is 392 g/mol. The molecule has 1 unspecified atom stereocenters. The molecule has 0 aromatic heterocycles. The van der Waals surface area contributed by atoms with E-state index in [1.54, 1.807) is 25.1 Å². The summed E-state index contributed by atoms with van der Waals surface area (Å²) in [6.45, 7) is 3.41. The van der Waals surface area contributed by atoms with E-state index in [1.165, 1.54) is 24.3 Å². The minimum atomic E-state index is -3.66. The summed E-state index contributed by atoms with van der Waals surface area (Å²) in [6.07, 6.45) is 0. The number of anilines is 2. The van der Waals surface area contributed by atoms with Crippen LogP contribution in [0.15, 0.2) is 42.5 Å². The molecule has 136 valence electrons. The van der Waals surface area contributed by atoms with Gasteiger partial charge in [0.25, 0.3) is 5.91 Å². The Morgan fingerprint density at radius 1 is 1.19 bits per heavy atom. The molecular formula is C18H17ClN2O4S. The maximum absolute atomic E-state index is 12.4. The first kappa shape index (κ1) is 18.4. The highest BCUT2D eigenvalue weighted by atomic mass is 35.5. The molecule has 1 atom stereocenters. The molecule has 8 heteroatoms. The molecule has 2 aromatic carbocycles. The van der Waals surface area contributed by atoms with Crippen LogP contribution in [0.5, 0.6) is 0 Å². The number of amides is 2. The van der Waals surface area contributed by atoms with E-state index in [9.17, 15) is 18.0 Å². The van der Waals surface area contributed by atoms with Crippen LogP contribution in [0, 0.1) is 12.8 Å². The van der Waals surface area contributed by atoms with Gasteiger partial charge in [-0.25, -0.2) is 12.7 Å². The van der Waals surface area contributed by atoms with Crippen LogP contribution in [-0.4, -0.2) is 26.0 Å². The third-order valence-corrected chi connectivity index (χ3v) is 6.26. The highest BCUT2D eigenvalue weighted by Crippen LogP contribution is 2.28. The van der Waals surface area contributed by atoms with Crippen LogP contribution in [0.25, 0.3) is 0 Å². The molecular weight excluding hydrogens is 376 g/mol. The summed E-state index contributed by atoms with van der Waals surface area (Å²) in [4.78, 5) is 24.5. The predicted octanol–water partition coefficient (Wildman–Crippen LogP) is 3.21. The molecule has 1 aliphatic rings. The van der Waals surface area contributed by atoms with E-state index >= 15 is 0 Å². The van der Waals surface area contributed by atoms with Crippen LogP contribution < -0.4 is 9.62 Å². The number of benzene rings is 2. The Balaban J connectivity index is 1.81. The topological polar surface area (TPSA) is 83.6 Å². The molecule has 1 saturated heterocycles. The molecule has 2 amide bonds. The minimum absolute atomic E-state index is 0.204. The van der Waals surface area contributed by atoms with Gasteiger partial charge in [0, 0.05) is 16.3 Å². The van der Waals surface area contributed by atoms with Crippen LogP contribution in [0.4, 0.5) is 11.4 Å². The van der Waals surface area contributed by atoms with Gasteiger partial charge in [0.1, 0.15) is 0 Å². The number of carbonyl (C=O) groups excluding carboxylic acids is 2. The van der Waals surface area contributed by atoms with E-state index in [1.807, 2.05) is 6.92 Å². The van der Waals surface area contributed by atoms with Crippen LogP contribution in [-0.2, 0) is 14.8 Å². The molecule has 1 aliphatic heterocycles. The largest absolute Gasteiger partial charge is 0.322 e. The second-order valence-corrected chi connectivity index (χ2v) is 8.54. The summed E-state index contributed by atoms with van der Waals surface area (Å²) in [5.41, 5.74) is 2.04. The lowest BCUT2D eigenvalue weighted by Gasteiger charge is -2.15. The van der Waals surface area contributed by atoms with Crippen molar-refractivity contribution >= 4 is 44.8 Å². The fraction of sp³-hybridized carbons (Fsp3) is 0.222. The molecule has 0 bridgehead atoms. The van der Waals surface area contributed by atoms with Gasteiger partial charge in [-0.2, -0.15) is 0 Å². The van der Waals surface area contributed by atoms with E-state index in [0.29, 0.717) is 16.3 Å². The maximum atomic E-state index is 12.4. The molecule has 0 spiro atoms. The molecule has 0 aliphatic carbocycles. The van der Waals surface area contributed by atoms with Crippen molar-refractivity contribution in [3.8, 4) is 0 Å². The number of nitrogens with zero attached hydrogens (tertiary/aromatic N) is 1. The summed E-state index contributed by atoms with van der Waals surface area (Å²) in [7, 11) is -3.66. The molecule has 0 saturated carbocycles. The number of carbonyl (C=O) groups is 2. The second-order valence-electron chi connectivity index (χ2n) is 6.24. The van der Waals surface area contributed by atoms with E-state index in [2.05, 4.69) is 5.32 Å². The van der Waals surface area contributed by atoms with E-state index in [-0.39, 0.29) is 17.3 Å². The summed E-state index contributed by atoms with van der Waals surface area (Å²) in [5.74, 6) is -1.58. The Morgan fingerprint density at radius 3 is 2.38 bits per heavy atom. The number of hydrogen-bond donors (Lipinski definition) is 1. The number of sulfonamides is 1. The van der Waals surface area contributed by atoms with Crippen LogP contribution in [0.2, 0.25) is 5.02 Å². The standard InChI is InChI=1S/C18H17ClN2O4S/c1-11-9-14(19)5-8-16(11)20-17(22)13-3-6-15(7-4-13)21-18(23)12(2)10-26(21,24)25/h3-9,12H,10H2,1-2H3,(H,20,22). The zero-order valence-corrected chi connectivity index (χ0v) is 15.8. The van der Waals surface area contributed by atoms with Gasteiger partial charge in [-0.05, 0) is 55.0 Å². The molecule has 26 heavy (non-hydrogen) atoms. The predicted molar refractivity (Wildman–Crippen MR) is 101 cm³/mol. The average Bonchev–Trinajstić information content (AvgIpc) is 2.77. The lowest BCUT2D eigenvalue weighted by molar-refractivity contribution is -0.119. The number of nitrogens with one attached hydrogen (secondary N) is 1. The fourth-order valence-electron chi connectivity index (χ4n) is 2.80. The molecule has 2 aromatic rings. The van der Waals surface area contributed by atoms with Crippen molar-refractivity contribution in [2.45, 2.75) is 13.8 Å². The van der Waals surface area contributed by atoms with Gasteiger partial charge in [0.05, 0.1) is 17.4 Å². The van der Waals surface area contributed by atoms with Crippen molar-refractivity contribution in [2.75, 3.05) is 15.4 Å². The summed E-state index contributed by atoms with van der Waals surface area (Å²) in [6, 6.07) is 11.0. The van der Waals surface area contributed by atoms with E-state index < -0.39 is 21.8 Å². The molecule has 1 heterocycles. The quantitative estimate of drug-likeness (QED) is 0.869. The molecule has 3 rings (SSSR count). The van der Waals surface area contributed by atoms with Crippen LogP contribution >= 0.6 is 11.6 Å². The highest BCUT2D eigenvalue weighted by Gasteiger charge is 2.41. The summed E-state index contributed by atoms with van der Waals surface area (Å²) in [5, 5.41) is 3.36. The summed E-state index contributed by atoms with van der Waals surface area (Å²) < 4.78 is 25.1. The van der Waals surface area contributed by atoms with Gasteiger partial charge < -0.3 is 5.32 Å². The zero-order valence-electron chi connectivity index (χ0n) is 14.2. The molecule has 6 nitrogen and oxygen atoms in total. The van der Waals surface area contributed by atoms with Gasteiger partial charge in [-0.1, -0.05) is 18.5 Å². The van der Waals surface area contributed by atoms with Gasteiger partial charge in [-0.15, -0.1) is 0 Å². The highest BCUT2D eigenvalue weighted by molar-refractivity contribution is 7.94. The number of hydrogen-bond acceptors (Lipinski definition) is 4. The lowest BCUT2D eigenvalue weighted by Crippen LogP contribution is -2.30. The smallest absolute Gasteiger partial charge is 0.255 e. The third kappa shape index (κ3) is 3.45. The zero-order chi connectivity index (χ0) is 19.1. The van der Waals surface area contributed by atoms with Gasteiger partial charge >= 0.3 is 0 Å². The Bertz CT molecular complexity index is 987. The second kappa shape index (κ2) is 6.74. The van der Waals surface area contributed by atoms with Crippen LogP contribution in [0.1, 0.15) is 22.8 Å². The molecule has 0 radical (unpaired) electrons. The molecule has 1 N–H and O–H groups in total. The minimum Gasteiger partial charge on any atom is -0.322 e. The van der Waals surface area contributed by atoms with Gasteiger partial charge in [0.15, 0.2) is 0 Å². The first-order valence-electron chi connectivity index (χ1n) is 7.93. The van der Waals surface area contributed by atoms with Crippen molar-refractivity contribution in [1.82, 2.24) is 0 Å². The first-order chi connectivity index (χ1) is 12.2. The van der Waals surface area contributed by atoms with Crippen molar-refractivity contribution in [1.29, 1.82) is 0 Å². The number of aryl methyl sites for hydroxylation is 1. The first-order valence-corrected chi connectivity index (χ1v) is 9.92. The summed E-state index contributed by atoms with van der Waals surface area (Å²) >= 11 is 5.90. The van der Waals surface area contributed by atoms with E-state index in [4.69, 9.17) is 11.6 Å². The maximum Gasteiger partial charge on any atom is 0.255 e. The van der Waals surface area contributed by atoms with Gasteiger partial charge in [0.2, 0.25) is 15.9 Å². The van der Waals surface area contributed by atoms with Crippen LogP contribution in [0.3, 0.4) is 0 Å². The Labute approximate surface area is 156 Å². The van der Waals surface area contributed by atoms with Crippen molar-refractivity contribution in [3.63, 3.8) is 0 Å². The van der Waals surface area contributed by atoms with E-state index in [0.717, 1.165) is 9.87 Å². The number of halogens is 1. The van der Waals surface area contributed by atoms with Crippen molar-refractivity contribution in [3.05, 3.63) is 58.6 Å². The molecule has 1 fully saturated rings. The van der Waals surface area contributed by atoms with Crippen molar-refractivity contribution in [2.24, 2.45) is 5.92 Å². The lowest BCUT2D eigenvalue weighted by atomic mass is 10.1. The SMILES string of the molecule is Cc1cc(Cl)ccc1NC(=O)c1ccc(N2C(=O)C(C)CS2(=O)=O)cc1. The van der Waals surface area contributed by atoms with Gasteiger partial charge in [-0.3, -0.25) is 9.59 Å². The third-order valence-electron chi connectivity index (χ3n) is 4.16. The Morgan fingerprint density at radius 2 is 1.85 bits per heavy atom. The Kier molecular flexibility index (Phi) is 4.77. The normalized spacial score (nSPS) is 18.8. The fourth-order valence-corrected chi connectivity index (χ4v) is 4.84. The van der Waals surface area contributed by atoms with Crippen molar-refractivity contribution < 1.29 is 18.0 Å². The number of rotatable bonds is 3. The average molecular weight is 393 g/mol. The Hall–Kier alpha value is -2.38.